The van der Waals surface area contributed by atoms with E-state index in [2.05, 4.69) is 33.9 Å². The molecule has 1 aromatic carbocycles. The number of hydrogen-bond acceptors (Lipinski definition) is 2. The van der Waals surface area contributed by atoms with Crippen LogP contribution in [0.2, 0.25) is 18.1 Å². The van der Waals surface area contributed by atoms with E-state index in [9.17, 15) is 4.79 Å². The van der Waals surface area contributed by atoms with Crippen LogP contribution in [0.3, 0.4) is 0 Å². The standard InChI is InChI=1S/C15H24O2Si/c1-15(2,3)18(4,5)17-10-9-13-7-6-8-14(11-13)12-16/h6-8,11-12H,9-10H2,1-5H3. The molecule has 0 N–H and O–H groups in total. The molecule has 0 aliphatic carbocycles. The molecule has 0 saturated carbocycles. The first-order valence-electron chi connectivity index (χ1n) is 6.44. The molecule has 0 saturated heterocycles. The van der Waals surface area contributed by atoms with Gasteiger partial charge in [-0.25, -0.2) is 0 Å². The fourth-order valence-electron chi connectivity index (χ4n) is 1.46. The van der Waals surface area contributed by atoms with E-state index < -0.39 is 8.32 Å². The predicted octanol–water partition coefficient (Wildman–Crippen LogP) is 4.06. The summed E-state index contributed by atoms with van der Waals surface area (Å²) in [7, 11) is -1.65. The first-order chi connectivity index (χ1) is 8.26. The van der Waals surface area contributed by atoms with Crippen LogP contribution in [0.15, 0.2) is 24.3 Å². The van der Waals surface area contributed by atoms with Crippen LogP contribution < -0.4 is 0 Å². The molecule has 100 valence electrons. The Morgan fingerprint density at radius 2 is 1.94 bits per heavy atom. The van der Waals surface area contributed by atoms with Crippen molar-refractivity contribution in [1.29, 1.82) is 0 Å². The number of rotatable bonds is 5. The fourth-order valence-corrected chi connectivity index (χ4v) is 2.51. The third-order valence-electron chi connectivity index (χ3n) is 3.75. The Morgan fingerprint density at radius 3 is 2.50 bits per heavy atom. The van der Waals surface area contributed by atoms with Crippen molar-refractivity contribution in [2.24, 2.45) is 0 Å². The minimum Gasteiger partial charge on any atom is -0.416 e. The monoisotopic (exact) mass is 264 g/mol. The molecular formula is C15H24O2Si. The highest BCUT2D eigenvalue weighted by atomic mass is 28.4. The Balaban J connectivity index is 2.54. The van der Waals surface area contributed by atoms with E-state index in [4.69, 9.17) is 4.43 Å². The Hall–Kier alpha value is -0.933. The summed E-state index contributed by atoms with van der Waals surface area (Å²) in [6.45, 7) is 12.0. The molecule has 0 radical (unpaired) electrons. The van der Waals surface area contributed by atoms with Gasteiger partial charge < -0.3 is 4.43 Å². The average molecular weight is 264 g/mol. The number of carbonyl (C=O) groups excluding carboxylic acids is 1. The largest absolute Gasteiger partial charge is 0.416 e. The fraction of sp³-hybridized carbons (Fsp3) is 0.533. The number of aldehydes is 1. The molecule has 0 bridgehead atoms. The minimum absolute atomic E-state index is 0.248. The molecule has 0 spiro atoms. The van der Waals surface area contributed by atoms with Crippen molar-refractivity contribution in [3.8, 4) is 0 Å². The van der Waals surface area contributed by atoms with Crippen molar-refractivity contribution in [3.63, 3.8) is 0 Å². The SMILES string of the molecule is CC(C)(C)[Si](C)(C)OCCc1cccc(C=O)c1. The molecule has 0 aromatic heterocycles. The van der Waals surface area contributed by atoms with E-state index in [1.807, 2.05) is 24.3 Å². The van der Waals surface area contributed by atoms with Crippen molar-refractivity contribution in [3.05, 3.63) is 35.4 Å². The van der Waals surface area contributed by atoms with Gasteiger partial charge in [-0.2, -0.15) is 0 Å². The first-order valence-corrected chi connectivity index (χ1v) is 9.35. The van der Waals surface area contributed by atoms with Crippen molar-refractivity contribution >= 4 is 14.6 Å². The number of hydrogen-bond donors (Lipinski definition) is 0. The summed E-state index contributed by atoms with van der Waals surface area (Å²) in [5, 5.41) is 0.248. The first kappa shape index (κ1) is 15.1. The van der Waals surface area contributed by atoms with Gasteiger partial charge in [0.25, 0.3) is 0 Å². The van der Waals surface area contributed by atoms with E-state index in [1.54, 1.807) is 0 Å². The maximum atomic E-state index is 10.7. The Bertz CT molecular complexity index is 405. The number of carbonyl (C=O) groups is 1. The molecule has 18 heavy (non-hydrogen) atoms. The predicted molar refractivity (Wildman–Crippen MR) is 78.7 cm³/mol. The molecule has 2 nitrogen and oxygen atoms in total. The summed E-state index contributed by atoms with van der Waals surface area (Å²) >= 11 is 0. The second-order valence-corrected chi connectivity index (χ2v) is 11.0. The molecule has 0 fully saturated rings. The van der Waals surface area contributed by atoms with Crippen molar-refractivity contribution in [1.82, 2.24) is 0 Å². The van der Waals surface area contributed by atoms with Gasteiger partial charge in [0.1, 0.15) is 6.29 Å². The lowest BCUT2D eigenvalue weighted by Crippen LogP contribution is -2.41. The molecule has 0 atom stereocenters. The summed E-state index contributed by atoms with van der Waals surface area (Å²) in [6, 6.07) is 7.72. The second-order valence-electron chi connectivity index (χ2n) is 6.22. The van der Waals surface area contributed by atoms with Crippen LogP contribution in [0.1, 0.15) is 36.7 Å². The molecule has 0 aliphatic rings. The van der Waals surface area contributed by atoms with Gasteiger partial charge in [-0.15, -0.1) is 0 Å². The zero-order valence-corrected chi connectivity index (χ0v) is 13.1. The van der Waals surface area contributed by atoms with Gasteiger partial charge in [0.2, 0.25) is 0 Å². The van der Waals surface area contributed by atoms with Crippen LogP contribution in [-0.4, -0.2) is 21.2 Å². The Morgan fingerprint density at radius 1 is 1.28 bits per heavy atom. The normalized spacial score (nSPS) is 12.5. The molecule has 0 amide bonds. The van der Waals surface area contributed by atoms with Gasteiger partial charge in [-0.1, -0.05) is 39.0 Å². The zero-order chi connectivity index (χ0) is 13.8. The summed E-state index contributed by atoms with van der Waals surface area (Å²) in [6.07, 6.45) is 1.76. The Labute approximate surface area is 111 Å². The molecule has 0 unspecified atom stereocenters. The molecule has 1 rings (SSSR count). The topological polar surface area (TPSA) is 26.3 Å². The maximum absolute atomic E-state index is 10.7. The van der Waals surface area contributed by atoms with Crippen molar-refractivity contribution < 1.29 is 9.22 Å². The van der Waals surface area contributed by atoms with E-state index in [0.29, 0.717) is 0 Å². The molecule has 0 heterocycles. The molecule has 0 aliphatic heterocycles. The van der Waals surface area contributed by atoms with Crippen LogP contribution >= 0.6 is 0 Å². The highest BCUT2D eigenvalue weighted by Crippen LogP contribution is 2.36. The zero-order valence-electron chi connectivity index (χ0n) is 12.1. The van der Waals surface area contributed by atoms with Gasteiger partial charge in [0, 0.05) is 12.2 Å². The van der Waals surface area contributed by atoms with Gasteiger partial charge in [-0.3, -0.25) is 4.79 Å². The van der Waals surface area contributed by atoms with Crippen LogP contribution in [0.25, 0.3) is 0 Å². The van der Waals surface area contributed by atoms with Gasteiger partial charge in [0.15, 0.2) is 8.32 Å². The minimum atomic E-state index is -1.65. The third-order valence-corrected chi connectivity index (χ3v) is 8.29. The van der Waals surface area contributed by atoms with E-state index >= 15 is 0 Å². The summed E-state index contributed by atoms with van der Waals surface area (Å²) in [5.74, 6) is 0. The molecule has 1 aromatic rings. The lowest BCUT2D eigenvalue weighted by molar-refractivity contribution is 0.112. The quantitative estimate of drug-likeness (QED) is 0.592. The van der Waals surface area contributed by atoms with Crippen LogP contribution in [-0.2, 0) is 10.8 Å². The molecular weight excluding hydrogens is 240 g/mol. The van der Waals surface area contributed by atoms with Crippen molar-refractivity contribution in [2.75, 3.05) is 6.61 Å². The molecule has 3 heteroatoms. The number of benzene rings is 1. The van der Waals surface area contributed by atoms with E-state index in [1.165, 1.54) is 5.56 Å². The van der Waals surface area contributed by atoms with Crippen LogP contribution in [0.4, 0.5) is 0 Å². The van der Waals surface area contributed by atoms with Crippen LogP contribution in [0, 0.1) is 0 Å². The Kier molecular flexibility index (Phi) is 4.88. The second kappa shape index (κ2) is 5.80. The summed E-state index contributed by atoms with van der Waals surface area (Å²) < 4.78 is 6.12. The third kappa shape index (κ3) is 4.07. The summed E-state index contributed by atoms with van der Waals surface area (Å²) in [5.41, 5.74) is 1.90. The lowest BCUT2D eigenvalue weighted by Gasteiger charge is -2.36. The van der Waals surface area contributed by atoms with Gasteiger partial charge >= 0.3 is 0 Å². The average Bonchev–Trinajstić information content (AvgIpc) is 2.27. The van der Waals surface area contributed by atoms with Gasteiger partial charge in [-0.05, 0) is 36.2 Å². The lowest BCUT2D eigenvalue weighted by atomic mass is 10.1. The van der Waals surface area contributed by atoms with E-state index in [-0.39, 0.29) is 5.04 Å². The van der Waals surface area contributed by atoms with Gasteiger partial charge in [0.05, 0.1) is 0 Å². The smallest absolute Gasteiger partial charge is 0.191 e. The highest BCUT2D eigenvalue weighted by molar-refractivity contribution is 6.74. The van der Waals surface area contributed by atoms with Crippen LogP contribution in [0.5, 0.6) is 0 Å². The summed E-state index contributed by atoms with van der Waals surface area (Å²) in [4.78, 5) is 10.7. The highest BCUT2D eigenvalue weighted by Gasteiger charge is 2.36. The van der Waals surface area contributed by atoms with Crippen molar-refractivity contribution in [2.45, 2.75) is 45.3 Å². The maximum Gasteiger partial charge on any atom is 0.191 e. The van der Waals surface area contributed by atoms with E-state index in [0.717, 1.165) is 24.9 Å².